The molecule has 0 bridgehead atoms. The van der Waals surface area contributed by atoms with Crippen molar-refractivity contribution in [3.8, 4) is 0 Å². The van der Waals surface area contributed by atoms with E-state index in [0.29, 0.717) is 12.1 Å². The maximum atomic E-state index is 13.2. The lowest BCUT2D eigenvalue weighted by atomic mass is 9.92. The number of nitrogens with one attached hydrogen (secondary N) is 1. The Morgan fingerprint density at radius 1 is 1.28 bits per heavy atom. The number of carbonyl (C=O) groups excluding carboxylic acids is 3. The summed E-state index contributed by atoms with van der Waals surface area (Å²) in [5, 5.41) is 2.64. The van der Waals surface area contributed by atoms with Gasteiger partial charge in [0, 0.05) is 25.0 Å². The highest BCUT2D eigenvalue weighted by atomic mass is 19.1. The Morgan fingerprint density at radius 3 is 2.62 bits per heavy atom. The Balaban J connectivity index is 1.50. The van der Waals surface area contributed by atoms with E-state index in [1.54, 1.807) is 30.3 Å². The number of amides is 4. The first-order valence-corrected chi connectivity index (χ1v) is 9.47. The minimum absolute atomic E-state index is 0.118. The molecule has 8 heteroatoms. The summed E-state index contributed by atoms with van der Waals surface area (Å²) in [6, 6.07) is 8.55. The molecule has 1 atom stereocenters. The van der Waals surface area contributed by atoms with Gasteiger partial charge in [-0.1, -0.05) is 18.2 Å². The second-order valence-electron chi connectivity index (χ2n) is 7.57. The zero-order chi connectivity index (χ0) is 20.6. The Hall–Kier alpha value is -3.29. The van der Waals surface area contributed by atoms with Crippen molar-refractivity contribution in [2.75, 3.05) is 6.54 Å². The maximum Gasteiger partial charge on any atom is 0.325 e. The van der Waals surface area contributed by atoms with Gasteiger partial charge in [0.1, 0.15) is 17.9 Å². The van der Waals surface area contributed by atoms with Crippen molar-refractivity contribution >= 4 is 17.8 Å². The molecule has 2 aliphatic rings. The third kappa shape index (κ3) is 3.70. The van der Waals surface area contributed by atoms with E-state index < -0.39 is 23.3 Å². The van der Waals surface area contributed by atoms with Crippen LogP contribution < -0.4 is 5.32 Å². The van der Waals surface area contributed by atoms with Crippen LogP contribution in [0.5, 0.6) is 0 Å². The van der Waals surface area contributed by atoms with Crippen LogP contribution in [0.1, 0.15) is 30.9 Å². The molecule has 1 aromatic heterocycles. The van der Waals surface area contributed by atoms with Gasteiger partial charge in [0.25, 0.3) is 5.91 Å². The van der Waals surface area contributed by atoms with Crippen LogP contribution in [-0.2, 0) is 21.7 Å². The van der Waals surface area contributed by atoms with Crippen LogP contribution in [0.2, 0.25) is 0 Å². The van der Waals surface area contributed by atoms with Crippen LogP contribution in [0, 0.1) is 5.82 Å². The minimum atomic E-state index is -1.33. The third-order valence-corrected chi connectivity index (χ3v) is 5.37. The molecule has 1 aliphatic carbocycles. The van der Waals surface area contributed by atoms with E-state index in [-0.39, 0.29) is 18.5 Å². The van der Waals surface area contributed by atoms with Crippen LogP contribution in [0.25, 0.3) is 0 Å². The summed E-state index contributed by atoms with van der Waals surface area (Å²) in [7, 11) is 0. The van der Waals surface area contributed by atoms with Crippen molar-refractivity contribution in [1.82, 2.24) is 20.1 Å². The first-order valence-electron chi connectivity index (χ1n) is 9.47. The van der Waals surface area contributed by atoms with E-state index in [0.717, 1.165) is 23.3 Å². The fourth-order valence-electron chi connectivity index (χ4n) is 3.54. The molecule has 150 valence electrons. The predicted molar refractivity (Wildman–Crippen MR) is 102 cm³/mol. The number of halogens is 1. The fraction of sp³-hybridized carbons (Fsp3) is 0.333. The van der Waals surface area contributed by atoms with Gasteiger partial charge in [0.05, 0.1) is 0 Å². The number of nitrogens with zero attached hydrogens (tertiary/aromatic N) is 3. The number of urea groups is 1. The smallest absolute Gasteiger partial charge is 0.325 e. The van der Waals surface area contributed by atoms with Crippen LogP contribution >= 0.6 is 0 Å². The number of imide groups is 1. The van der Waals surface area contributed by atoms with Crippen molar-refractivity contribution in [2.45, 2.75) is 37.9 Å². The molecule has 1 saturated heterocycles. The molecule has 1 unspecified atom stereocenters. The van der Waals surface area contributed by atoms with Crippen molar-refractivity contribution < 1.29 is 18.8 Å². The zero-order valence-corrected chi connectivity index (χ0v) is 16.0. The summed E-state index contributed by atoms with van der Waals surface area (Å²) in [5.41, 5.74) is 0.0152. The first-order chi connectivity index (χ1) is 13.9. The van der Waals surface area contributed by atoms with Crippen LogP contribution in [0.3, 0.4) is 0 Å². The van der Waals surface area contributed by atoms with Crippen molar-refractivity contribution in [3.63, 3.8) is 0 Å². The molecule has 7 nitrogen and oxygen atoms in total. The Morgan fingerprint density at radius 2 is 2.00 bits per heavy atom. The van der Waals surface area contributed by atoms with Crippen LogP contribution in [0.4, 0.5) is 9.18 Å². The Bertz CT molecular complexity index is 946. The number of rotatable bonds is 6. The molecule has 1 aliphatic heterocycles. The number of carbonyl (C=O) groups is 3. The van der Waals surface area contributed by atoms with Gasteiger partial charge in [-0.2, -0.15) is 0 Å². The molecule has 0 spiro atoms. The van der Waals surface area contributed by atoms with Crippen molar-refractivity contribution in [2.24, 2.45) is 0 Å². The van der Waals surface area contributed by atoms with Crippen LogP contribution in [0.15, 0.2) is 48.8 Å². The molecular weight excluding hydrogens is 375 g/mol. The van der Waals surface area contributed by atoms with Gasteiger partial charge >= 0.3 is 6.03 Å². The number of hydrogen-bond acceptors (Lipinski definition) is 4. The largest absolute Gasteiger partial charge is 0.334 e. The number of pyridine rings is 1. The highest BCUT2D eigenvalue weighted by Crippen LogP contribution is 2.31. The monoisotopic (exact) mass is 396 g/mol. The topological polar surface area (TPSA) is 82.6 Å². The number of benzene rings is 1. The van der Waals surface area contributed by atoms with Gasteiger partial charge in [-0.15, -0.1) is 0 Å². The highest BCUT2D eigenvalue weighted by molar-refractivity contribution is 6.09. The maximum absolute atomic E-state index is 13.2. The molecule has 2 fully saturated rings. The van der Waals surface area contributed by atoms with E-state index in [4.69, 9.17) is 0 Å². The van der Waals surface area contributed by atoms with Crippen LogP contribution in [-0.4, -0.2) is 45.2 Å². The fourth-order valence-corrected chi connectivity index (χ4v) is 3.54. The SMILES string of the molecule is CC1(c2ccc(F)cc2)NC(=O)N(CC(=O)N(Cc2cccnc2)C2CC2)C1=O. The average Bonchev–Trinajstić information content (AvgIpc) is 3.52. The lowest BCUT2D eigenvalue weighted by Crippen LogP contribution is -2.45. The van der Waals surface area contributed by atoms with Gasteiger partial charge in [0.2, 0.25) is 5.91 Å². The van der Waals surface area contributed by atoms with Crippen molar-refractivity contribution in [1.29, 1.82) is 0 Å². The summed E-state index contributed by atoms with van der Waals surface area (Å²) in [6.45, 7) is 1.60. The average molecular weight is 396 g/mol. The molecule has 1 aromatic carbocycles. The summed E-state index contributed by atoms with van der Waals surface area (Å²) >= 11 is 0. The highest BCUT2D eigenvalue weighted by Gasteiger charge is 2.50. The molecule has 4 amide bonds. The predicted octanol–water partition coefficient (Wildman–Crippen LogP) is 2.18. The quantitative estimate of drug-likeness (QED) is 0.759. The van der Waals surface area contributed by atoms with Gasteiger partial charge in [0.15, 0.2) is 0 Å². The second kappa shape index (κ2) is 7.27. The summed E-state index contributed by atoms with van der Waals surface area (Å²) in [5.74, 6) is -1.25. The third-order valence-electron chi connectivity index (χ3n) is 5.37. The normalized spacial score (nSPS) is 21.2. The summed E-state index contributed by atoms with van der Waals surface area (Å²) < 4.78 is 13.2. The lowest BCUT2D eigenvalue weighted by Gasteiger charge is -2.25. The Kier molecular flexibility index (Phi) is 4.77. The van der Waals surface area contributed by atoms with E-state index in [2.05, 4.69) is 10.3 Å². The standard InChI is InChI=1S/C21H21FN4O3/c1-21(15-4-6-16(22)7-5-15)19(28)26(20(29)24-21)13-18(27)25(17-8-9-17)12-14-3-2-10-23-11-14/h2-7,10-11,17H,8-9,12-13H2,1H3,(H,24,29). The van der Waals surface area contributed by atoms with Gasteiger partial charge in [-0.05, 0) is 49.1 Å². The molecule has 29 heavy (non-hydrogen) atoms. The zero-order valence-electron chi connectivity index (χ0n) is 16.0. The molecule has 1 saturated carbocycles. The summed E-state index contributed by atoms with van der Waals surface area (Å²) in [6.07, 6.45) is 5.16. The van der Waals surface area contributed by atoms with E-state index in [1.807, 2.05) is 6.07 Å². The molecular formula is C21H21FN4O3. The van der Waals surface area contributed by atoms with E-state index in [1.165, 1.54) is 24.3 Å². The van der Waals surface area contributed by atoms with Gasteiger partial charge < -0.3 is 10.2 Å². The first kappa shape index (κ1) is 19.0. The van der Waals surface area contributed by atoms with E-state index in [9.17, 15) is 18.8 Å². The molecule has 2 heterocycles. The molecule has 1 N–H and O–H groups in total. The lowest BCUT2D eigenvalue weighted by molar-refractivity contribution is -0.139. The number of hydrogen-bond donors (Lipinski definition) is 1. The second-order valence-corrected chi connectivity index (χ2v) is 7.57. The van der Waals surface area contributed by atoms with E-state index >= 15 is 0 Å². The number of aromatic nitrogens is 1. The molecule has 0 radical (unpaired) electrons. The van der Waals surface area contributed by atoms with Gasteiger partial charge in [-0.25, -0.2) is 9.18 Å². The molecule has 2 aromatic rings. The minimum Gasteiger partial charge on any atom is -0.334 e. The summed E-state index contributed by atoms with van der Waals surface area (Å²) in [4.78, 5) is 45.1. The Labute approximate surface area is 167 Å². The molecule has 4 rings (SSSR count). The van der Waals surface area contributed by atoms with Gasteiger partial charge in [-0.3, -0.25) is 19.5 Å². The van der Waals surface area contributed by atoms with Crippen molar-refractivity contribution in [3.05, 3.63) is 65.7 Å².